The summed E-state index contributed by atoms with van der Waals surface area (Å²) in [5.74, 6) is 1.52. The molecule has 0 amide bonds. The SMILES string of the molecule is CN1c2ccc(-c3cccc(F)c3)nc2N(c2ccc(CN3CCN(c4nccc(C#N)n4)CC3)cc2)C1c1cccnc1N. The van der Waals surface area contributed by atoms with Gasteiger partial charge in [0.2, 0.25) is 5.95 Å². The highest BCUT2D eigenvalue weighted by Gasteiger charge is 2.38. The van der Waals surface area contributed by atoms with Gasteiger partial charge in [-0.2, -0.15) is 5.26 Å². The smallest absolute Gasteiger partial charge is 0.226 e. The molecule has 2 aliphatic heterocycles. The number of rotatable bonds is 6. The molecular weight excluding hydrogens is 567 g/mol. The Morgan fingerprint density at radius 2 is 1.73 bits per heavy atom. The van der Waals surface area contributed by atoms with Gasteiger partial charge in [-0.15, -0.1) is 0 Å². The lowest BCUT2D eigenvalue weighted by atomic mass is 10.1. The molecule has 10 nitrogen and oxygen atoms in total. The van der Waals surface area contributed by atoms with E-state index in [0.717, 1.165) is 55.5 Å². The van der Waals surface area contributed by atoms with E-state index in [1.165, 1.54) is 17.7 Å². The Morgan fingerprint density at radius 3 is 2.49 bits per heavy atom. The van der Waals surface area contributed by atoms with Crippen molar-refractivity contribution in [3.05, 3.63) is 114 Å². The number of hydrogen-bond donors (Lipinski definition) is 1. The van der Waals surface area contributed by atoms with Gasteiger partial charge in [-0.1, -0.05) is 24.3 Å². The van der Waals surface area contributed by atoms with Crippen LogP contribution in [0, 0.1) is 17.1 Å². The lowest BCUT2D eigenvalue weighted by Crippen LogP contribution is -2.46. The predicted octanol–water partition coefficient (Wildman–Crippen LogP) is 5.14. The van der Waals surface area contributed by atoms with E-state index in [9.17, 15) is 9.65 Å². The number of nitriles is 1. The number of halogens is 1. The molecule has 7 rings (SSSR count). The number of aromatic nitrogens is 4. The highest BCUT2D eigenvalue weighted by atomic mass is 19.1. The molecule has 0 saturated carbocycles. The largest absolute Gasteiger partial charge is 0.383 e. The molecule has 2 N–H and O–H groups in total. The van der Waals surface area contributed by atoms with Crippen LogP contribution in [0.2, 0.25) is 0 Å². The second-order valence-corrected chi connectivity index (χ2v) is 11.2. The number of benzene rings is 2. The summed E-state index contributed by atoms with van der Waals surface area (Å²) in [7, 11) is 2.02. The minimum atomic E-state index is -0.302. The van der Waals surface area contributed by atoms with Gasteiger partial charge in [-0.25, -0.2) is 24.3 Å². The van der Waals surface area contributed by atoms with Crippen molar-refractivity contribution in [3.63, 3.8) is 0 Å². The Morgan fingerprint density at radius 1 is 0.911 bits per heavy atom. The van der Waals surface area contributed by atoms with E-state index in [2.05, 4.69) is 64.9 Å². The highest BCUT2D eigenvalue weighted by Crippen LogP contribution is 2.49. The van der Waals surface area contributed by atoms with Gasteiger partial charge < -0.3 is 15.5 Å². The summed E-state index contributed by atoms with van der Waals surface area (Å²) in [6.07, 6.45) is 3.05. The average molecular weight is 599 g/mol. The standard InChI is InChI=1S/C34H31FN10/c1-42-30-12-11-29(24-4-2-5-25(35)20-24)41-32(30)45(33(42)28-6-3-14-38-31(28)37)27-9-7-23(8-10-27)22-43-16-18-44(19-17-43)34-39-15-13-26(21-36)40-34/h2-15,20,33H,16-19,22H2,1H3,(H2,37,38). The number of nitrogen functional groups attached to an aromatic ring is 1. The molecule has 1 fully saturated rings. The summed E-state index contributed by atoms with van der Waals surface area (Å²) in [5.41, 5.74) is 12.2. The maximum atomic E-state index is 14.1. The third-order valence-corrected chi connectivity index (χ3v) is 8.38. The maximum Gasteiger partial charge on any atom is 0.226 e. The van der Waals surface area contributed by atoms with Gasteiger partial charge in [0.05, 0.1) is 11.4 Å². The molecule has 11 heteroatoms. The highest BCUT2D eigenvalue weighted by molar-refractivity contribution is 5.84. The summed E-state index contributed by atoms with van der Waals surface area (Å²) < 4.78 is 14.1. The van der Waals surface area contributed by atoms with Crippen molar-refractivity contribution in [1.82, 2.24) is 24.8 Å². The lowest BCUT2D eigenvalue weighted by molar-refractivity contribution is 0.248. The Bertz CT molecular complexity index is 1880. The normalized spacial score (nSPS) is 16.5. The fraction of sp³-hybridized carbons (Fsp3) is 0.206. The van der Waals surface area contributed by atoms with Crippen molar-refractivity contribution in [2.75, 3.05) is 53.7 Å². The summed E-state index contributed by atoms with van der Waals surface area (Å²) in [4.78, 5) is 27.0. The quantitative estimate of drug-likeness (QED) is 0.282. The average Bonchev–Trinajstić information content (AvgIpc) is 3.36. The van der Waals surface area contributed by atoms with E-state index in [1.807, 2.05) is 37.4 Å². The van der Waals surface area contributed by atoms with Gasteiger partial charge in [0.25, 0.3) is 0 Å². The van der Waals surface area contributed by atoms with E-state index in [1.54, 1.807) is 24.5 Å². The number of hydrogen-bond acceptors (Lipinski definition) is 10. The number of nitrogens with zero attached hydrogens (tertiary/aromatic N) is 9. The van der Waals surface area contributed by atoms with Crippen LogP contribution in [0.3, 0.4) is 0 Å². The fourth-order valence-electron chi connectivity index (χ4n) is 6.07. The van der Waals surface area contributed by atoms with E-state index < -0.39 is 0 Å². The molecule has 0 bridgehead atoms. The zero-order chi connectivity index (χ0) is 30.9. The van der Waals surface area contributed by atoms with Crippen LogP contribution in [-0.4, -0.2) is 58.1 Å². The summed E-state index contributed by atoms with van der Waals surface area (Å²) in [6.45, 7) is 4.11. The van der Waals surface area contributed by atoms with Crippen LogP contribution in [-0.2, 0) is 6.54 Å². The minimum Gasteiger partial charge on any atom is -0.383 e. The third-order valence-electron chi connectivity index (χ3n) is 8.38. The van der Waals surface area contributed by atoms with Gasteiger partial charge in [0.15, 0.2) is 5.82 Å². The number of nitrogens with two attached hydrogens (primary N) is 1. The molecule has 1 saturated heterocycles. The Balaban J connectivity index is 1.15. The molecule has 1 atom stereocenters. The Hall–Kier alpha value is -5.60. The van der Waals surface area contributed by atoms with Crippen molar-refractivity contribution < 1.29 is 4.39 Å². The molecule has 3 aromatic heterocycles. The molecule has 5 aromatic rings. The van der Waals surface area contributed by atoms with Crippen molar-refractivity contribution in [1.29, 1.82) is 5.26 Å². The number of pyridine rings is 2. The number of piperazine rings is 1. The van der Waals surface area contributed by atoms with Crippen LogP contribution in [0.5, 0.6) is 0 Å². The van der Waals surface area contributed by atoms with Crippen molar-refractivity contribution >= 4 is 29.0 Å². The third kappa shape index (κ3) is 5.47. The van der Waals surface area contributed by atoms with E-state index in [4.69, 9.17) is 10.7 Å². The molecule has 1 unspecified atom stereocenters. The predicted molar refractivity (Wildman–Crippen MR) is 172 cm³/mol. The first-order chi connectivity index (χ1) is 22.0. The van der Waals surface area contributed by atoms with Crippen molar-refractivity contribution in [2.45, 2.75) is 12.7 Å². The summed E-state index contributed by atoms with van der Waals surface area (Å²) >= 11 is 0. The first kappa shape index (κ1) is 28.2. The molecule has 2 aliphatic rings. The van der Waals surface area contributed by atoms with Gasteiger partial charge in [0.1, 0.15) is 29.6 Å². The molecule has 45 heavy (non-hydrogen) atoms. The van der Waals surface area contributed by atoms with Crippen molar-refractivity contribution in [2.24, 2.45) is 0 Å². The van der Waals surface area contributed by atoms with Gasteiger partial charge in [0, 0.05) is 69.0 Å². The van der Waals surface area contributed by atoms with Gasteiger partial charge in [-0.05, 0) is 60.2 Å². The Kier molecular flexibility index (Phi) is 7.41. The molecule has 5 heterocycles. The molecule has 224 valence electrons. The van der Waals surface area contributed by atoms with Crippen LogP contribution in [0.25, 0.3) is 11.3 Å². The van der Waals surface area contributed by atoms with Gasteiger partial charge in [-0.3, -0.25) is 9.80 Å². The van der Waals surface area contributed by atoms with Crippen LogP contribution in [0.4, 0.5) is 33.3 Å². The zero-order valence-corrected chi connectivity index (χ0v) is 24.8. The number of fused-ring (bicyclic) bond motifs is 1. The van der Waals surface area contributed by atoms with Crippen LogP contribution in [0.15, 0.2) is 91.3 Å². The van der Waals surface area contributed by atoms with Crippen LogP contribution in [0.1, 0.15) is 23.0 Å². The first-order valence-electron chi connectivity index (χ1n) is 14.8. The molecule has 2 aromatic carbocycles. The topological polar surface area (TPSA) is 114 Å². The van der Waals surface area contributed by atoms with Gasteiger partial charge >= 0.3 is 0 Å². The second-order valence-electron chi connectivity index (χ2n) is 11.2. The second kappa shape index (κ2) is 11.8. The minimum absolute atomic E-state index is 0.273. The van der Waals surface area contributed by atoms with E-state index in [-0.39, 0.29) is 12.0 Å². The monoisotopic (exact) mass is 598 g/mol. The van der Waals surface area contributed by atoms with Crippen molar-refractivity contribution in [3.8, 4) is 17.3 Å². The lowest BCUT2D eigenvalue weighted by Gasteiger charge is -2.35. The Labute approximate surface area is 260 Å². The van der Waals surface area contributed by atoms with Crippen LogP contribution >= 0.6 is 0 Å². The number of anilines is 5. The summed E-state index contributed by atoms with van der Waals surface area (Å²) in [5, 5.41) is 9.17. The zero-order valence-electron chi connectivity index (χ0n) is 24.8. The van der Waals surface area contributed by atoms with Crippen LogP contribution < -0.4 is 20.4 Å². The molecule has 0 radical (unpaired) electrons. The molecular formula is C34H31FN10. The molecule has 0 aliphatic carbocycles. The van der Waals surface area contributed by atoms with E-state index >= 15 is 0 Å². The molecule has 0 spiro atoms. The fourth-order valence-corrected chi connectivity index (χ4v) is 6.07. The summed E-state index contributed by atoms with van der Waals surface area (Å²) in [6, 6.07) is 26.6. The maximum absolute atomic E-state index is 14.1. The van der Waals surface area contributed by atoms with E-state index in [0.29, 0.717) is 28.7 Å². The first-order valence-corrected chi connectivity index (χ1v) is 14.8.